The SMILES string of the molecule is ClC(Cl)(Cl)c1cccc([O][Zr][O]c2cccc(C(Cl)(Cl)Cl)c2)c1. The van der Waals surface area contributed by atoms with Crippen LogP contribution in [0.25, 0.3) is 0 Å². The minimum atomic E-state index is -1.66. The zero-order valence-corrected chi connectivity index (χ0v) is 18.2. The Hall–Kier alpha value is 0.663. The zero-order chi connectivity index (χ0) is 17.1. The Balaban J connectivity index is 1.98. The average molecular weight is 512 g/mol. The van der Waals surface area contributed by atoms with Crippen molar-refractivity contribution in [1.29, 1.82) is 0 Å². The van der Waals surface area contributed by atoms with Crippen molar-refractivity contribution >= 4 is 69.6 Å². The monoisotopic (exact) mass is 508 g/mol. The van der Waals surface area contributed by atoms with Crippen LogP contribution in [0.2, 0.25) is 0 Å². The van der Waals surface area contributed by atoms with E-state index in [1.54, 1.807) is 48.5 Å². The summed E-state index contributed by atoms with van der Waals surface area (Å²) in [5.74, 6) is 1.16. The molecule has 9 heteroatoms. The van der Waals surface area contributed by atoms with Crippen LogP contribution >= 0.6 is 69.6 Å². The predicted molar refractivity (Wildman–Crippen MR) is 92.6 cm³/mol. The van der Waals surface area contributed by atoms with E-state index < -0.39 is 31.7 Å². The molecule has 0 bridgehead atoms. The molecule has 0 aromatic heterocycles. The molecule has 0 saturated heterocycles. The fourth-order valence-corrected chi connectivity index (χ4v) is 3.49. The van der Waals surface area contributed by atoms with Crippen molar-refractivity contribution in [3.63, 3.8) is 0 Å². The van der Waals surface area contributed by atoms with E-state index in [0.717, 1.165) is 0 Å². The topological polar surface area (TPSA) is 18.5 Å². The number of hydrogen-bond acceptors (Lipinski definition) is 2. The van der Waals surface area contributed by atoms with Gasteiger partial charge in [0, 0.05) is 0 Å². The summed E-state index contributed by atoms with van der Waals surface area (Å²) >= 11 is 33.4. The molecule has 2 aromatic rings. The minimum absolute atomic E-state index is 0.526. The van der Waals surface area contributed by atoms with E-state index in [9.17, 15) is 0 Å². The van der Waals surface area contributed by atoms with Crippen LogP contribution in [0.4, 0.5) is 0 Å². The molecule has 0 aliphatic carbocycles. The number of benzene rings is 2. The summed E-state index contributed by atoms with van der Waals surface area (Å²) in [5, 5.41) is 0. The van der Waals surface area contributed by atoms with Crippen molar-refractivity contribution in [1.82, 2.24) is 0 Å². The van der Waals surface area contributed by atoms with E-state index in [1.807, 2.05) is 0 Å². The molecule has 0 amide bonds. The van der Waals surface area contributed by atoms with Crippen LogP contribution in [0.15, 0.2) is 48.5 Å². The summed E-state index contributed by atoms with van der Waals surface area (Å²) in [4.78, 5) is 0. The van der Waals surface area contributed by atoms with Crippen LogP contribution in [-0.2, 0) is 31.7 Å². The maximum absolute atomic E-state index is 5.84. The first kappa shape index (κ1) is 20.0. The quantitative estimate of drug-likeness (QED) is 0.425. The summed E-state index contributed by atoms with van der Waals surface area (Å²) in [6.07, 6.45) is 0. The van der Waals surface area contributed by atoms with E-state index >= 15 is 0 Å². The van der Waals surface area contributed by atoms with Gasteiger partial charge in [-0.1, -0.05) is 0 Å². The molecule has 122 valence electrons. The Morgan fingerprint density at radius 3 is 1.39 bits per heavy atom. The first-order chi connectivity index (χ1) is 10.7. The van der Waals surface area contributed by atoms with E-state index in [1.165, 1.54) is 0 Å². The summed E-state index contributed by atoms with van der Waals surface area (Å²) in [5.41, 5.74) is 1.05. The third-order valence-corrected chi connectivity index (χ3v) is 5.52. The average Bonchev–Trinajstić information content (AvgIpc) is 2.46. The molecule has 0 saturated carbocycles. The molecule has 0 radical (unpaired) electrons. The van der Waals surface area contributed by atoms with E-state index in [4.69, 9.17) is 75.2 Å². The van der Waals surface area contributed by atoms with Crippen LogP contribution in [-0.4, -0.2) is 0 Å². The molecular formula is C14H8Cl6O2Zr. The van der Waals surface area contributed by atoms with Gasteiger partial charge in [0.05, 0.1) is 0 Å². The van der Waals surface area contributed by atoms with Gasteiger partial charge in [0.2, 0.25) is 0 Å². The molecule has 0 atom stereocenters. The molecule has 0 spiro atoms. The fourth-order valence-electron chi connectivity index (χ4n) is 1.59. The predicted octanol–water partition coefficient (Wildman–Crippen LogP) is 6.71. The van der Waals surface area contributed by atoms with E-state index in [0.29, 0.717) is 22.6 Å². The first-order valence-corrected chi connectivity index (χ1v) is 10.4. The molecule has 0 aliphatic heterocycles. The van der Waals surface area contributed by atoms with E-state index in [2.05, 4.69) is 0 Å². The summed E-state index contributed by atoms with van der Waals surface area (Å²) in [6.45, 7) is 0. The summed E-state index contributed by atoms with van der Waals surface area (Å²) < 4.78 is 8.30. The van der Waals surface area contributed by atoms with Crippen LogP contribution in [0, 0.1) is 0 Å². The van der Waals surface area contributed by atoms with Gasteiger partial charge in [0.25, 0.3) is 0 Å². The van der Waals surface area contributed by atoms with Crippen molar-refractivity contribution in [2.24, 2.45) is 0 Å². The number of hydrogen-bond donors (Lipinski definition) is 0. The first-order valence-electron chi connectivity index (χ1n) is 6.09. The third kappa shape index (κ3) is 6.47. The summed E-state index contributed by atoms with van der Waals surface area (Å²) in [6, 6.07) is 13.8. The van der Waals surface area contributed by atoms with Gasteiger partial charge in [-0.3, -0.25) is 0 Å². The molecule has 23 heavy (non-hydrogen) atoms. The molecule has 0 fully saturated rings. The molecule has 0 N–H and O–H groups in total. The molecular weight excluding hydrogens is 504 g/mol. The van der Waals surface area contributed by atoms with Gasteiger partial charge in [-0.05, 0) is 0 Å². The van der Waals surface area contributed by atoms with Crippen molar-refractivity contribution in [3.05, 3.63) is 59.7 Å². The van der Waals surface area contributed by atoms with Gasteiger partial charge in [-0.2, -0.15) is 0 Å². The van der Waals surface area contributed by atoms with Crippen LogP contribution in [0.3, 0.4) is 0 Å². The molecule has 2 rings (SSSR count). The number of halogens is 6. The Labute approximate surface area is 176 Å². The van der Waals surface area contributed by atoms with Crippen molar-refractivity contribution < 1.29 is 29.7 Å². The molecule has 0 aliphatic rings. The Kier molecular flexibility index (Phi) is 7.26. The molecule has 2 aromatic carbocycles. The van der Waals surface area contributed by atoms with E-state index in [-0.39, 0.29) is 0 Å². The van der Waals surface area contributed by atoms with Crippen molar-refractivity contribution in [2.75, 3.05) is 0 Å². The third-order valence-electron chi connectivity index (χ3n) is 2.64. The summed E-state index contributed by atoms with van der Waals surface area (Å²) in [7, 11) is 0. The fraction of sp³-hybridized carbons (Fsp3) is 0.143. The molecule has 0 unspecified atom stereocenters. The maximum atomic E-state index is 5.84. The molecule has 0 heterocycles. The van der Waals surface area contributed by atoms with Gasteiger partial charge >= 0.3 is 178 Å². The van der Waals surface area contributed by atoms with Gasteiger partial charge in [0.1, 0.15) is 0 Å². The second kappa shape index (κ2) is 8.36. The Morgan fingerprint density at radius 2 is 1.04 bits per heavy atom. The van der Waals surface area contributed by atoms with Crippen LogP contribution < -0.4 is 5.63 Å². The molecule has 2 nitrogen and oxygen atoms in total. The standard InChI is InChI=1S/2C7H5Cl3O.Zr/c2*8-7(9,10)5-2-1-3-6(11)4-5;/h2*1-4,11H;/q;;+2/p-2. The number of rotatable bonds is 4. The Morgan fingerprint density at radius 1 is 0.652 bits per heavy atom. The number of alkyl halides is 6. The second-order valence-electron chi connectivity index (χ2n) is 4.34. The Bertz CT molecular complexity index is 611. The van der Waals surface area contributed by atoms with Gasteiger partial charge in [-0.15, -0.1) is 0 Å². The zero-order valence-electron chi connectivity index (χ0n) is 11.2. The van der Waals surface area contributed by atoms with Crippen molar-refractivity contribution in [2.45, 2.75) is 7.59 Å². The van der Waals surface area contributed by atoms with Crippen LogP contribution in [0.5, 0.6) is 11.5 Å². The van der Waals surface area contributed by atoms with Crippen LogP contribution in [0.1, 0.15) is 11.1 Å². The van der Waals surface area contributed by atoms with Gasteiger partial charge in [0.15, 0.2) is 0 Å². The van der Waals surface area contributed by atoms with Gasteiger partial charge in [-0.25, -0.2) is 0 Å². The van der Waals surface area contributed by atoms with Gasteiger partial charge < -0.3 is 0 Å². The van der Waals surface area contributed by atoms with Crippen molar-refractivity contribution in [3.8, 4) is 11.5 Å². The second-order valence-corrected chi connectivity index (χ2v) is 10.3. The normalized spacial score (nSPS) is 11.9.